The van der Waals surface area contributed by atoms with Crippen molar-refractivity contribution in [2.24, 2.45) is 11.5 Å². The minimum Gasteiger partial charge on any atom is -0.507 e. The molecule has 1 aromatic rings. The van der Waals surface area contributed by atoms with Crippen molar-refractivity contribution in [3.63, 3.8) is 0 Å². The smallest absolute Gasteiger partial charge is 0.122 e. The van der Waals surface area contributed by atoms with E-state index in [1.54, 1.807) is 12.1 Å². The Morgan fingerprint density at radius 1 is 1.40 bits per heavy atom. The van der Waals surface area contributed by atoms with Crippen LogP contribution in [-0.2, 0) is 0 Å². The molecular formula is C12H18N2O. The topological polar surface area (TPSA) is 72.3 Å². The number of phenolic OH excluding ortho intramolecular Hbond substituents is 1. The molecule has 0 spiro atoms. The molecule has 0 saturated heterocycles. The van der Waals surface area contributed by atoms with Gasteiger partial charge in [-0.25, -0.2) is 0 Å². The van der Waals surface area contributed by atoms with Crippen LogP contribution in [0.1, 0.15) is 25.3 Å². The van der Waals surface area contributed by atoms with Crippen LogP contribution in [0.5, 0.6) is 5.75 Å². The highest BCUT2D eigenvalue weighted by atomic mass is 16.3. The molecule has 5 N–H and O–H groups in total. The van der Waals surface area contributed by atoms with Gasteiger partial charge >= 0.3 is 0 Å². The zero-order chi connectivity index (χ0) is 11.3. The van der Waals surface area contributed by atoms with E-state index in [-0.39, 0.29) is 5.75 Å². The molecule has 0 aliphatic carbocycles. The van der Waals surface area contributed by atoms with Crippen LogP contribution >= 0.6 is 0 Å². The third kappa shape index (κ3) is 3.38. The normalized spacial score (nSPS) is 12.1. The van der Waals surface area contributed by atoms with Gasteiger partial charge in [-0.2, -0.15) is 0 Å². The van der Waals surface area contributed by atoms with Gasteiger partial charge in [0.1, 0.15) is 5.75 Å². The van der Waals surface area contributed by atoms with Crippen molar-refractivity contribution in [2.75, 3.05) is 0 Å². The van der Waals surface area contributed by atoms with E-state index in [0.29, 0.717) is 0 Å². The molecule has 82 valence electrons. The summed E-state index contributed by atoms with van der Waals surface area (Å²) in [5, 5.41) is 9.58. The summed E-state index contributed by atoms with van der Waals surface area (Å²) in [4.78, 5) is 0. The van der Waals surface area contributed by atoms with Crippen LogP contribution in [0.3, 0.4) is 0 Å². The number of rotatable bonds is 4. The summed E-state index contributed by atoms with van der Waals surface area (Å²) < 4.78 is 0. The van der Waals surface area contributed by atoms with E-state index in [4.69, 9.17) is 11.5 Å². The van der Waals surface area contributed by atoms with Crippen LogP contribution in [0.15, 0.2) is 29.8 Å². The third-order valence-corrected chi connectivity index (χ3v) is 2.24. The minimum atomic E-state index is -0.454. The van der Waals surface area contributed by atoms with Crippen molar-refractivity contribution in [2.45, 2.75) is 25.9 Å². The van der Waals surface area contributed by atoms with E-state index in [1.807, 2.05) is 18.2 Å². The van der Waals surface area contributed by atoms with E-state index in [0.717, 1.165) is 24.0 Å². The molecule has 0 radical (unpaired) electrons. The monoisotopic (exact) mass is 206 g/mol. The zero-order valence-electron chi connectivity index (χ0n) is 8.98. The van der Waals surface area contributed by atoms with Crippen LogP contribution < -0.4 is 11.5 Å². The van der Waals surface area contributed by atoms with Gasteiger partial charge < -0.3 is 16.6 Å². The van der Waals surface area contributed by atoms with Crippen molar-refractivity contribution in [3.8, 4) is 5.75 Å². The molecular weight excluding hydrogens is 188 g/mol. The molecule has 0 saturated carbocycles. The van der Waals surface area contributed by atoms with Crippen LogP contribution in [0.2, 0.25) is 0 Å². The Morgan fingerprint density at radius 2 is 2.07 bits per heavy atom. The second-order valence-corrected chi connectivity index (χ2v) is 3.55. The summed E-state index contributed by atoms with van der Waals surface area (Å²) in [5.41, 5.74) is 13.0. The SMILES string of the molecule is CCCC(=Cc1ccccc1O)C(N)N. The molecule has 0 atom stereocenters. The second-order valence-electron chi connectivity index (χ2n) is 3.55. The molecule has 1 aromatic carbocycles. The maximum atomic E-state index is 9.58. The van der Waals surface area contributed by atoms with Gasteiger partial charge in [-0.05, 0) is 24.1 Å². The number of phenols is 1. The predicted octanol–water partition coefficient (Wildman–Crippen LogP) is 1.82. The van der Waals surface area contributed by atoms with Crippen LogP contribution in [0, 0.1) is 0 Å². The lowest BCUT2D eigenvalue weighted by atomic mass is 10.0. The number of para-hydroxylation sites is 1. The van der Waals surface area contributed by atoms with Crippen molar-refractivity contribution < 1.29 is 5.11 Å². The van der Waals surface area contributed by atoms with Gasteiger partial charge in [-0.1, -0.05) is 31.5 Å². The summed E-state index contributed by atoms with van der Waals surface area (Å²) in [6.07, 6.45) is 3.25. The van der Waals surface area contributed by atoms with Gasteiger partial charge in [0.2, 0.25) is 0 Å². The van der Waals surface area contributed by atoms with Crippen molar-refractivity contribution in [3.05, 3.63) is 35.4 Å². The maximum absolute atomic E-state index is 9.58. The van der Waals surface area contributed by atoms with E-state index < -0.39 is 6.17 Å². The molecule has 0 aliphatic rings. The highest BCUT2D eigenvalue weighted by Crippen LogP contribution is 2.20. The third-order valence-electron chi connectivity index (χ3n) is 2.24. The fraction of sp³-hybridized carbons (Fsp3) is 0.333. The van der Waals surface area contributed by atoms with Gasteiger partial charge in [-0.15, -0.1) is 0 Å². The Balaban J connectivity index is 2.97. The largest absolute Gasteiger partial charge is 0.507 e. The minimum absolute atomic E-state index is 0.256. The molecule has 1 rings (SSSR count). The molecule has 0 aliphatic heterocycles. The number of hydrogen-bond acceptors (Lipinski definition) is 3. The molecule has 0 unspecified atom stereocenters. The maximum Gasteiger partial charge on any atom is 0.122 e. The van der Waals surface area contributed by atoms with Crippen LogP contribution in [-0.4, -0.2) is 11.3 Å². The summed E-state index contributed by atoms with van der Waals surface area (Å²) in [6, 6.07) is 7.15. The summed E-state index contributed by atoms with van der Waals surface area (Å²) in [7, 11) is 0. The predicted molar refractivity (Wildman–Crippen MR) is 63.2 cm³/mol. The van der Waals surface area contributed by atoms with E-state index in [2.05, 4.69) is 6.92 Å². The van der Waals surface area contributed by atoms with Crippen molar-refractivity contribution in [1.82, 2.24) is 0 Å². The molecule has 3 heteroatoms. The number of benzene rings is 1. The molecule has 0 aromatic heterocycles. The average Bonchev–Trinajstić information content (AvgIpc) is 2.20. The summed E-state index contributed by atoms with van der Waals surface area (Å²) in [6.45, 7) is 2.07. The second kappa shape index (κ2) is 5.53. The first-order valence-electron chi connectivity index (χ1n) is 5.14. The number of hydrogen-bond donors (Lipinski definition) is 3. The van der Waals surface area contributed by atoms with E-state index in [9.17, 15) is 5.11 Å². The highest BCUT2D eigenvalue weighted by molar-refractivity contribution is 5.59. The summed E-state index contributed by atoms with van der Waals surface area (Å²) >= 11 is 0. The number of nitrogens with two attached hydrogens (primary N) is 2. The van der Waals surface area contributed by atoms with E-state index in [1.165, 1.54) is 0 Å². The van der Waals surface area contributed by atoms with Crippen molar-refractivity contribution >= 4 is 6.08 Å². The van der Waals surface area contributed by atoms with Gasteiger partial charge in [0, 0.05) is 5.56 Å². The molecule has 0 amide bonds. The molecule has 0 heterocycles. The fourth-order valence-corrected chi connectivity index (χ4v) is 1.43. The Morgan fingerprint density at radius 3 is 2.60 bits per heavy atom. The molecule has 0 bridgehead atoms. The lowest BCUT2D eigenvalue weighted by Gasteiger charge is -2.10. The average molecular weight is 206 g/mol. The first-order chi connectivity index (χ1) is 7.15. The lowest BCUT2D eigenvalue weighted by molar-refractivity contribution is 0.474. The standard InChI is InChI=1S/C12H18N2O/c1-2-5-10(12(13)14)8-9-6-3-4-7-11(9)15/h3-4,6-8,12,15H,2,5,13-14H2,1H3. The highest BCUT2D eigenvalue weighted by Gasteiger charge is 2.04. The Labute approximate surface area is 90.4 Å². The van der Waals surface area contributed by atoms with Gasteiger partial charge in [-0.3, -0.25) is 0 Å². The van der Waals surface area contributed by atoms with Gasteiger partial charge in [0.05, 0.1) is 6.17 Å². The van der Waals surface area contributed by atoms with Crippen LogP contribution in [0.4, 0.5) is 0 Å². The van der Waals surface area contributed by atoms with Gasteiger partial charge in [0.15, 0.2) is 0 Å². The summed E-state index contributed by atoms with van der Waals surface area (Å²) in [5.74, 6) is 0.256. The van der Waals surface area contributed by atoms with Crippen LogP contribution in [0.25, 0.3) is 6.08 Å². The Hall–Kier alpha value is -1.32. The zero-order valence-corrected chi connectivity index (χ0v) is 8.98. The first-order valence-corrected chi connectivity index (χ1v) is 5.14. The molecule has 0 fully saturated rings. The fourth-order valence-electron chi connectivity index (χ4n) is 1.43. The number of aromatic hydroxyl groups is 1. The molecule has 15 heavy (non-hydrogen) atoms. The Kier molecular flexibility index (Phi) is 4.34. The lowest BCUT2D eigenvalue weighted by Crippen LogP contribution is -2.32. The quantitative estimate of drug-likeness (QED) is 0.658. The Bertz CT molecular complexity index is 345. The first kappa shape index (κ1) is 11.8. The van der Waals surface area contributed by atoms with E-state index >= 15 is 0 Å². The van der Waals surface area contributed by atoms with Crippen molar-refractivity contribution in [1.29, 1.82) is 0 Å². The molecule has 3 nitrogen and oxygen atoms in total. The van der Waals surface area contributed by atoms with Gasteiger partial charge in [0.25, 0.3) is 0 Å².